The number of rotatable bonds is 7. The Kier molecular flexibility index (Phi) is 8.93. The molecule has 0 fully saturated rings. The highest BCUT2D eigenvalue weighted by Crippen LogP contribution is 2.32. The van der Waals surface area contributed by atoms with Crippen molar-refractivity contribution in [3.8, 4) is 0 Å². The quantitative estimate of drug-likeness (QED) is 0.747. The van der Waals surface area contributed by atoms with Crippen molar-refractivity contribution < 1.29 is 10.0 Å². The number of halogens is 1. The number of quaternary nitrogens is 1. The van der Waals surface area contributed by atoms with Crippen LogP contribution >= 0.6 is 11.6 Å². The first-order chi connectivity index (χ1) is 11.2. The SMILES string of the molecule is CC[NH+](CC)CCC(O)(c1ccccc1)c1ccccc1.CCl. The molecule has 126 valence electrons. The molecular weight excluding hydrogens is 306 g/mol. The van der Waals surface area contributed by atoms with Gasteiger partial charge in [-0.25, -0.2) is 0 Å². The normalized spacial score (nSPS) is 11.0. The second-order valence-corrected chi connectivity index (χ2v) is 5.55. The predicted molar refractivity (Wildman–Crippen MR) is 99.2 cm³/mol. The Morgan fingerprint density at radius 1 is 0.826 bits per heavy atom. The molecule has 2 aromatic rings. The molecule has 0 aliphatic rings. The van der Waals surface area contributed by atoms with Gasteiger partial charge in [0.05, 0.1) is 19.6 Å². The first-order valence-electron chi connectivity index (χ1n) is 8.25. The van der Waals surface area contributed by atoms with Gasteiger partial charge < -0.3 is 10.0 Å². The third kappa shape index (κ3) is 5.35. The van der Waals surface area contributed by atoms with E-state index in [1.807, 2.05) is 60.7 Å². The highest BCUT2D eigenvalue weighted by atomic mass is 35.5. The molecule has 0 saturated heterocycles. The second kappa shape index (κ2) is 10.4. The van der Waals surface area contributed by atoms with Crippen molar-refractivity contribution >= 4 is 11.6 Å². The van der Waals surface area contributed by atoms with Crippen molar-refractivity contribution in [2.45, 2.75) is 25.9 Å². The van der Waals surface area contributed by atoms with E-state index >= 15 is 0 Å². The van der Waals surface area contributed by atoms with Crippen molar-refractivity contribution in [3.63, 3.8) is 0 Å². The topological polar surface area (TPSA) is 24.7 Å². The smallest absolute Gasteiger partial charge is 0.120 e. The molecule has 0 aromatic heterocycles. The van der Waals surface area contributed by atoms with Gasteiger partial charge in [-0.3, -0.25) is 0 Å². The molecule has 0 amide bonds. The summed E-state index contributed by atoms with van der Waals surface area (Å²) in [4.78, 5) is 1.51. The Hall–Kier alpha value is -1.35. The molecule has 0 bridgehead atoms. The zero-order valence-corrected chi connectivity index (χ0v) is 15.2. The Morgan fingerprint density at radius 2 is 1.22 bits per heavy atom. The Bertz CT molecular complexity index is 486. The molecule has 2 aromatic carbocycles. The molecule has 0 aliphatic heterocycles. The average molecular weight is 335 g/mol. The van der Waals surface area contributed by atoms with Crippen LogP contribution in [0.5, 0.6) is 0 Å². The predicted octanol–water partition coefficient (Wildman–Crippen LogP) is 3.09. The minimum Gasteiger partial charge on any atom is -0.380 e. The minimum atomic E-state index is -0.905. The summed E-state index contributed by atoms with van der Waals surface area (Å²) < 4.78 is 0. The lowest BCUT2D eigenvalue weighted by Gasteiger charge is -2.30. The molecule has 0 radical (unpaired) electrons. The van der Waals surface area contributed by atoms with Gasteiger partial charge in [0.15, 0.2) is 0 Å². The standard InChI is InChI=1S/C19H25NO.CH3Cl/c1-3-20(4-2)16-15-19(21,17-11-7-5-8-12-17)18-13-9-6-10-14-18;1-2/h5-14,21H,3-4,15-16H2,1-2H3;1H3/p+1. The largest absolute Gasteiger partial charge is 0.380 e. The Balaban J connectivity index is 0.00000127. The number of hydrogen-bond donors (Lipinski definition) is 2. The molecule has 2 nitrogen and oxygen atoms in total. The van der Waals surface area contributed by atoms with Gasteiger partial charge in [0, 0.05) is 12.8 Å². The second-order valence-electron chi connectivity index (χ2n) is 5.55. The van der Waals surface area contributed by atoms with Crippen LogP contribution in [0.1, 0.15) is 31.4 Å². The molecule has 0 heterocycles. The number of hydrogen-bond acceptors (Lipinski definition) is 1. The third-order valence-corrected chi connectivity index (χ3v) is 4.34. The van der Waals surface area contributed by atoms with Crippen LogP contribution in [-0.4, -0.2) is 31.1 Å². The summed E-state index contributed by atoms with van der Waals surface area (Å²) in [6.45, 7) is 7.55. The van der Waals surface area contributed by atoms with Crippen molar-refractivity contribution in [2.24, 2.45) is 0 Å². The Labute approximate surface area is 145 Å². The molecule has 2 rings (SSSR count). The average Bonchev–Trinajstić information content (AvgIpc) is 2.65. The fourth-order valence-corrected chi connectivity index (χ4v) is 2.84. The number of aliphatic hydroxyl groups is 1. The zero-order valence-electron chi connectivity index (χ0n) is 14.4. The van der Waals surface area contributed by atoms with Crippen LogP contribution in [0.3, 0.4) is 0 Å². The van der Waals surface area contributed by atoms with E-state index in [0.29, 0.717) is 0 Å². The van der Waals surface area contributed by atoms with Crippen molar-refractivity contribution in [3.05, 3.63) is 71.8 Å². The monoisotopic (exact) mass is 334 g/mol. The lowest BCUT2D eigenvalue weighted by atomic mass is 9.83. The molecule has 0 unspecified atom stereocenters. The molecule has 3 heteroatoms. The van der Waals surface area contributed by atoms with Gasteiger partial charge in [0.25, 0.3) is 0 Å². The summed E-state index contributed by atoms with van der Waals surface area (Å²) in [6, 6.07) is 20.0. The van der Waals surface area contributed by atoms with Crippen molar-refractivity contribution in [2.75, 3.05) is 26.0 Å². The maximum Gasteiger partial charge on any atom is 0.120 e. The van der Waals surface area contributed by atoms with E-state index in [-0.39, 0.29) is 0 Å². The number of benzene rings is 2. The first-order valence-corrected chi connectivity index (χ1v) is 9.01. The summed E-state index contributed by atoms with van der Waals surface area (Å²) in [5, 5.41) is 11.4. The van der Waals surface area contributed by atoms with Gasteiger partial charge in [-0.15, -0.1) is 11.6 Å². The van der Waals surface area contributed by atoms with Crippen molar-refractivity contribution in [1.29, 1.82) is 0 Å². The van der Waals surface area contributed by atoms with E-state index in [2.05, 4.69) is 25.4 Å². The van der Waals surface area contributed by atoms with Crippen LogP contribution in [0.2, 0.25) is 0 Å². The molecular formula is C20H29ClNO+. The van der Waals surface area contributed by atoms with Crippen LogP contribution in [0.25, 0.3) is 0 Å². The van der Waals surface area contributed by atoms with Crippen LogP contribution in [0.4, 0.5) is 0 Å². The first kappa shape index (κ1) is 19.7. The highest BCUT2D eigenvalue weighted by molar-refractivity contribution is 6.15. The molecule has 23 heavy (non-hydrogen) atoms. The van der Waals surface area contributed by atoms with Gasteiger partial charge in [0.1, 0.15) is 5.60 Å². The van der Waals surface area contributed by atoms with E-state index in [9.17, 15) is 5.11 Å². The van der Waals surface area contributed by atoms with Gasteiger partial charge in [-0.05, 0) is 25.0 Å². The highest BCUT2D eigenvalue weighted by Gasteiger charge is 2.32. The van der Waals surface area contributed by atoms with Crippen LogP contribution in [0.15, 0.2) is 60.7 Å². The summed E-state index contributed by atoms with van der Waals surface area (Å²) in [7, 11) is 0. The van der Waals surface area contributed by atoms with Crippen LogP contribution in [0, 0.1) is 0 Å². The lowest BCUT2D eigenvalue weighted by molar-refractivity contribution is -0.897. The maximum absolute atomic E-state index is 11.4. The fourth-order valence-electron chi connectivity index (χ4n) is 2.84. The van der Waals surface area contributed by atoms with Gasteiger partial charge in [-0.1, -0.05) is 60.7 Å². The maximum atomic E-state index is 11.4. The summed E-state index contributed by atoms with van der Waals surface area (Å²) in [5.74, 6) is 0. The molecule has 0 atom stereocenters. The summed E-state index contributed by atoms with van der Waals surface area (Å²) >= 11 is 4.64. The third-order valence-electron chi connectivity index (χ3n) is 4.34. The zero-order chi connectivity index (χ0) is 17.1. The van der Waals surface area contributed by atoms with Gasteiger partial charge in [0.2, 0.25) is 0 Å². The fraction of sp³-hybridized carbons (Fsp3) is 0.400. The van der Waals surface area contributed by atoms with Crippen LogP contribution in [-0.2, 0) is 5.60 Å². The van der Waals surface area contributed by atoms with E-state index in [4.69, 9.17) is 0 Å². The minimum absolute atomic E-state index is 0.734. The van der Waals surface area contributed by atoms with E-state index in [1.54, 1.807) is 0 Å². The van der Waals surface area contributed by atoms with Gasteiger partial charge in [-0.2, -0.15) is 0 Å². The molecule has 0 saturated carbocycles. The Morgan fingerprint density at radius 3 is 1.57 bits per heavy atom. The van der Waals surface area contributed by atoms with E-state index in [1.165, 1.54) is 11.3 Å². The van der Waals surface area contributed by atoms with E-state index < -0.39 is 5.60 Å². The number of nitrogens with one attached hydrogen (secondary N) is 1. The van der Waals surface area contributed by atoms with Crippen molar-refractivity contribution in [1.82, 2.24) is 0 Å². The number of alkyl halides is 1. The van der Waals surface area contributed by atoms with E-state index in [0.717, 1.165) is 37.2 Å². The van der Waals surface area contributed by atoms with Gasteiger partial charge >= 0.3 is 0 Å². The molecule has 0 aliphatic carbocycles. The summed E-state index contributed by atoms with van der Waals surface area (Å²) in [5.41, 5.74) is 1.04. The molecule has 0 spiro atoms. The lowest BCUT2D eigenvalue weighted by Crippen LogP contribution is -3.11. The summed E-state index contributed by atoms with van der Waals surface area (Å²) in [6.07, 6.45) is 2.21. The van der Waals surface area contributed by atoms with Crippen LogP contribution < -0.4 is 4.90 Å². The molecule has 2 N–H and O–H groups in total.